The first-order valence-electron chi connectivity index (χ1n) is 6.35. The van der Waals surface area contributed by atoms with Crippen molar-refractivity contribution in [1.29, 1.82) is 0 Å². The quantitative estimate of drug-likeness (QED) is 0.694. The minimum atomic E-state index is -0.109. The lowest BCUT2D eigenvalue weighted by Crippen LogP contribution is -2.39. The standard InChI is InChI=1S/C14H22N2O3/c1-10(9-17)11(2)15-8-14(18)16-12-4-6-13(19-3)7-5-12/h4-7,10-11,15,17H,8-9H2,1-3H3,(H,16,18). The molecule has 1 aromatic carbocycles. The number of ether oxygens (including phenoxy) is 1. The second-order valence-electron chi connectivity index (χ2n) is 4.61. The van der Waals surface area contributed by atoms with Gasteiger partial charge in [-0.1, -0.05) is 6.92 Å². The van der Waals surface area contributed by atoms with Crippen LogP contribution >= 0.6 is 0 Å². The van der Waals surface area contributed by atoms with Crippen LogP contribution in [0.1, 0.15) is 13.8 Å². The molecule has 0 saturated heterocycles. The van der Waals surface area contributed by atoms with Crippen molar-refractivity contribution in [3.05, 3.63) is 24.3 Å². The summed E-state index contributed by atoms with van der Waals surface area (Å²) in [6.07, 6.45) is 0. The molecule has 0 saturated carbocycles. The fourth-order valence-corrected chi connectivity index (χ4v) is 1.49. The summed E-state index contributed by atoms with van der Waals surface area (Å²) in [5, 5.41) is 14.9. The van der Waals surface area contributed by atoms with Crippen molar-refractivity contribution in [2.24, 2.45) is 5.92 Å². The highest BCUT2D eigenvalue weighted by Crippen LogP contribution is 2.14. The van der Waals surface area contributed by atoms with E-state index in [1.807, 2.05) is 13.8 Å². The van der Waals surface area contributed by atoms with Crippen molar-refractivity contribution in [2.75, 3.05) is 25.6 Å². The molecule has 0 radical (unpaired) electrons. The van der Waals surface area contributed by atoms with Crippen LogP contribution in [0.3, 0.4) is 0 Å². The smallest absolute Gasteiger partial charge is 0.238 e. The molecule has 0 aliphatic rings. The Kier molecular flexibility index (Phi) is 6.32. The summed E-state index contributed by atoms with van der Waals surface area (Å²) in [6, 6.07) is 7.25. The van der Waals surface area contributed by atoms with E-state index >= 15 is 0 Å². The molecule has 106 valence electrons. The molecule has 0 spiro atoms. The van der Waals surface area contributed by atoms with Crippen LogP contribution in [0.2, 0.25) is 0 Å². The number of methoxy groups -OCH3 is 1. The van der Waals surface area contributed by atoms with Gasteiger partial charge in [0.25, 0.3) is 0 Å². The molecule has 0 bridgehead atoms. The van der Waals surface area contributed by atoms with Crippen molar-refractivity contribution in [2.45, 2.75) is 19.9 Å². The topological polar surface area (TPSA) is 70.6 Å². The van der Waals surface area contributed by atoms with E-state index in [9.17, 15) is 4.79 Å². The molecular weight excluding hydrogens is 244 g/mol. The molecule has 5 nitrogen and oxygen atoms in total. The van der Waals surface area contributed by atoms with E-state index in [1.54, 1.807) is 31.4 Å². The molecule has 0 aliphatic heterocycles. The Labute approximate surface area is 114 Å². The average molecular weight is 266 g/mol. The highest BCUT2D eigenvalue weighted by atomic mass is 16.5. The Morgan fingerprint density at radius 2 is 1.95 bits per heavy atom. The number of aliphatic hydroxyl groups is 1. The number of benzene rings is 1. The van der Waals surface area contributed by atoms with Crippen LogP contribution < -0.4 is 15.4 Å². The first-order chi connectivity index (χ1) is 9.06. The maximum Gasteiger partial charge on any atom is 0.238 e. The van der Waals surface area contributed by atoms with Gasteiger partial charge < -0.3 is 20.5 Å². The highest BCUT2D eigenvalue weighted by molar-refractivity contribution is 5.92. The van der Waals surface area contributed by atoms with Crippen molar-refractivity contribution < 1.29 is 14.6 Å². The zero-order valence-corrected chi connectivity index (χ0v) is 11.6. The molecule has 19 heavy (non-hydrogen) atoms. The third-order valence-electron chi connectivity index (χ3n) is 3.10. The Bertz CT molecular complexity index is 392. The maximum absolute atomic E-state index is 11.7. The van der Waals surface area contributed by atoms with E-state index in [0.717, 1.165) is 11.4 Å². The summed E-state index contributed by atoms with van der Waals surface area (Å²) in [5.41, 5.74) is 0.732. The second-order valence-corrected chi connectivity index (χ2v) is 4.61. The summed E-state index contributed by atoms with van der Waals surface area (Å²) in [4.78, 5) is 11.7. The lowest BCUT2D eigenvalue weighted by molar-refractivity contribution is -0.115. The molecule has 0 aliphatic carbocycles. The van der Waals surface area contributed by atoms with E-state index in [-0.39, 0.29) is 31.0 Å². The summed E-state index contributed by atoms with van der Waals surface area (Å²) < 4.78 is 5.04. The lowest BCUT2D eigenvalue weighted by atomic mass is 10.1. The van der Waals surface area contributed by atoms with E-state index in [1.165, 1.54) is 0 Å². The van der Waals surface area contributed by atoms with Gasteiger partial charge in [0.1, 0.15) is 5.75 Å². The third kappa shape index (κ3) is 5.28. The van der Waals surface area contributed by atoms with Crippen LogP contribution in [-0.2, 0) is 4.79 Å². The van der Waals surface area contributed by atoms with Crippen molar-refractivity contribution in [3.8, 4) is 5.75 Å². The van der Waals surface area contributed by atoms with Crippen molar-refractivity contribution >= 4 is 11.6 Å². The predicted octanol–water partition coefficient (Wildman–Crippen LogP) is 1.24. The first kappa shape index (κ1) is 15.5. The highest BCUT2D eigenvalue weighted by Gasteiger charge is 2.11. The van der Waals surface area contributed by atoms with Crippen LogP contribution in [0.5, 0.6) is 5.75 Å². The fraction of sp³-hybridized carbons (Fsp3) is 0.500. The number of hydrogen-bond donors (Lipinski definition) is 3. The number of rotatable bonds is 7. The van der Waals surface area contributed by atoms with Gasteiger partial charge in [-0.3, -0.25) is 4.79 Å². The zero-order valence-electron chi connectivity index (χ0n) is 11.6. The Morgan fingerprint density at radius 1 is 1.32 bits per heavy atom. The molecule has 2 unspecified atom stereocenters. The molecule has 1 rings (SSSR count). The minimum absolute atomic E-state index is 0.0895. The van der Waals surface area contributed by atoms with Gasteiger partial charge in [-0.15, -0.1) is 0 Å². The van der Waals surface area contributed by atoms with Crippen LogP contribution in [0, 0.1) is 5.92 Å². The molecule has 0 aromatic heterocycles. The zero-order chi connectivity index (χ0) is 14.3. The second kappa shape index (κ2) is 7.76. The van der Waals surface area contributed by atoms with Gasteiger partial charge in [0.2, 0.25) is 5.91 Å². The largest absolute Gasteiger partial charge is 0.497 e. The normalized spacial score (nSPS) is 13.7. The Hall–Kier alpha value is -1.59. The SMILES string of the molecule is COc1ccc(NC(=O)CNC(C)C(C)CO)cc1. The van der Waals surface area contributed by atoms with Crippen LogP contribution in [-0.4, -0.2) is 37.3 Å². The molecule has 0 heterocycles. The third-order valence-corrected chi connectivity index (χ3v) is 3.10. The molecular formula is C14H22N2O3. The number of amides is 1. The summed E-state index contributed by atoms with van der Waals surface area (Å²) in [5.74, 6) is 0.762. The van der Waals surface area contributed by atoms with E-state index < -0.39 is 0 Å². The van der Waals surface area contributed by atoms with E-state index in [2.05, 4.69) is 10.6 Å². The number of carbonyl (C=O) groups is 1. The molecule has 1 amide bonds. The minimum Gasteiger partial charge on any atom is -0.497 e. The van der Waals surface area contributed by atoms with Gasteiger partial charge >= 0.3 is 0 Å². The summed E-state index contributed by atoms with van der Waals surface area (Å²) in [6.45, 7) is 4.20. The van der Waals surface area contributed by atoms with E-state index in [4.69, 9.17) is 9.84 Å². The van der Waals surface area contributed by atoms with Crippen LogP contribution in [0.15, 0.2) is 24.3 Å². The van der Waals surface area contributed by atoms with Gasteiger partial charge in [-0.05, 0) is 37.1 Å². The lowest BCUT2D eigenvalue weighted by Gasteiger charge is -2.18. The van der Waals surface area contributed by atoms with Gasteiger partial charge in [0.05, 0.1) is 13.7 Å². The summed E-state index contributed by atoms with van der Waals surface area (Å²) in [7, 11) is 1.60. The number of anilines is 1. The van der Waals surface area contributed by atoms with Crippen LogP contribution in [0.25, 0.3) is 0 Å². The van der Waals surface area contributed by atoms with E-state index in [0.29, 0.717) is 0 Å². The molecule has 5 heteroatoms. The number of hydrogen-bond acceptors (Lipinski definition) is 4. The monoisotopic (exact) mass is 266 g/mol. The average Bonchev–Trinajstić information content (AvgIpc) is 2.44. The first-order valence-corrected chi connectivity index (χ1v) is 6.35. The Morgan fingerprint density at radius 3 is 2.47 bits per heavy atom. The molecule has 2 atom stereocenters. The molecule has 0 fully saturated rings. The van der Waals surface area contributed by atoms with Gasteiger partial charge in [0.15, 0.2) is 0 Å². The molecule has 1 aromatic rings. The number of aliphatic hydroxyl groups excluding tert-OH is 1. The Balaban J connectivity index is 2.38. The number of carbonyl (C=O) groups excluding carboxylic acids is 1. The van der Waals surface area contributed by atoms with Crippen LogP contribution in [0.4, 0.5) is 5.69 Å². The van der Waals surface area contributed by atoms with Gasteiger partial charge in [0, 0.05) is 18.3 Å². The van der Waals surface area contributed by atoms with Crippen molar-refractivity contribution in [3.63, 3.8) is 0 Å². The number of nitrogens with one attached hydrogen (secondary N) is 2. The van der Waals surface area contributed by atoms with Crippen molar-refractivity contribution in [1.82, 2.24) is 5.32 Å². The predicted molar refractivity (Wildman–Crippen MR) is 75.3 cm³/mol. The molecule has 3 N–H and O–H groups in total. The maximum atomic E-state index is 11.7. The van der Waals surface area contributed by atoms with Gasteiger partial charge in [-0.25, -0.2) is 0 Å². The summed E-state index contributed by atoms with van der Waals surface area (Å²) >= 11 is 0. The fourth-order valence-electron chi connectivity index (χ4n) is 1.49. The van der Waals surface area contributed by atoms with Gasteiger partial charge in [-0.2, -0.15) is 0 Å².